The summed E-state index contributed by atoms with van der Waals surface area (Å²) in [5.74, 6) is -1.54. The predicted octanol–water partition coefficient (Wildman–Crippen LogP) is 3.63. The van der Waals surface area contributed by atoms with E-state index in [-0.39, 0.29) is 22.9 Å². The molecular weight excluding hydrogens is 497 g/mol. The minimum absolute atomic E-state index is 0.136. The molecule has 196 valence electrons. The van der Waals surface area contributed by atoms with E-state index in [4.69, 9.17) is 14.2 Å². The highest BCUT2D eigenvalue weighted by Crippen LogP contribution is 2.40. The van der Waals surface area contributed by atoms with Gasteiger partial charge in [0, 0.05) is 17.8 Å². The Balaban J connectivity index is 1.71. The molecule has 3 rings (SSSR count). The Labute approximate surface area is 209 Å². The third-order valence-electron chi connectivity index (χ3n) is 4.97. The molecule has 0 spiro atoms. The number of rotatable bonds is 9. The molecule has 2 amide bonds. The lowest BCUT2D eigenvalue weighted by molar-refractivity contribution is -0.167. The third-order valence-corrected chi connectivity index (χ3v) is 4.97. The van der Waals surface area contributed by atoms with Gasteiger partial charge in [-0.25, -0.2) is 4.98 Å². The van der Waals surface area contributed by atoms with Crippen molar-refractivity contribution in [2.45, 2.75) is 19.1 Å². The number of anilines is 3. The van der Waals surface area contributed by atoms with Crippen LogP contribution >= 0.6 is 0 Å². The van der Waals surface area contributed by atoms with E-state index in [2.05, 4.69) is 25.8 Å². The first-order valence-electron chi connectivity index (χ1n) is 10.6. The number of nitrogens with zero attached hydrogens (tertiary/aromatic N) is 3. The van der Waals surface area contributed by atoms with Crippen LogP contribution < -0.4 is 30.2 Å². The number of carbonyl (C=O) groups is 2. The van der Waals surface area contributed by atoms with Crippen LogP contribution in [0.3, 0.4) is 0 Å². The fraction of sp³-hybridized carbons (Fsp3) is 0.261. The highest BCUT2D eigenvalue weighted by Gasteiger charge is 2.39. The molecular formula is C23H23F3N6O5. The van der Waals surface area contributed by atoms with Crippen LogP contribution in [0.25, 0.3) is 0 Å². The Hall–Kier alpha value is -4.62. The first kappa shape index (κ1) is 27.0. The first-order valence-corrected chi connectivity index (χ1v) is 10.6. The zero-order chi connectivity index (χ0) is 27.2. The number of hydrogen-bond donors (Lipinski definition) is 3. The number of benzene rings is 2. The van der Waals surface area contributed by atoms with Gasteiger partial charge in [0.1, 0.15) is 5.69 Å². The number of amides is 2. The summed E-state index contributed by atoms with van der Waals surface area (Å²) in [6.07, 6.45) is -3.73. The Kier molecular flexibility index (Phi) is 8.32. The maximum absolute atomic E-state index is 12.7. The molecule has 0 radical (unpaired) electrons. The second-order valence-corrected chi connectivity index (χ2v) is 7.44. The second kappa shape index (κ2) is 11.4. The van der Waals surface area contributed by atoms with Crippen molar-refractivity contribution in [1.29, 1.82) is 0 Å². The van der Waals surface area contributed by atoms with E-state index in [1.165, 1.54) is 51.8 Å². The lowest BCUT2D eigenvalue weighted by Crippen LogP contribution is -2.32. The molecule has 11 nitrogen and oxygen atoms in total. The van der Waals surface area contributed by atoms with Crippen molar-refractivity contribution in [3.63, 3.8) is 0 Å². The van der Waals surface area contributed by atoms with Gasteiger partial charge < -0.3 is 30.2 Å². The molecule has 0 saturated carbocycles. The molecule has 1 heterocycles. The van der Waals surface area contributed by atoms with Crippen molar-refractivity contribution in [2.75, 3.05) is 32.0 Å². The molecule has 0 aliphatic carbocycles. The van der Waals surface area contributed by atoms with Gasteiger partial charge in [0.05, 0.1) is 44.8 Å². The van der Waals surface area contributed by atoms with Gasteiger partial charge in [-0.15, -0.1) is 10.2 Å². The number of halogens is 3. The highest BCUT2D eigenvalue weighted by molar-refractivity contribution is 6.04. The molecule has 37 heavy (non-hydrogen) atoms. The molecule has 3 N–H and O–H groups in total. The fourth-order valence-electron chi connectivity index (χ4n) is 3.15. The number of aromatic nitrogens is 3. The number of para-hydroxylation sites is 1. The average molecular weight is 520 g/mol. The number of ether oxygens (including phenoxy) is 3. The maximum Gasteiger partial charge on any atom is 0.471 e. The molecule has 2 aromatic carbocycles. The van der Waals surface area contributed by atoms with Crippen molar-refractivity contribution >= 4 is 29.1 Å². The van der Waals surface area contributed by atoms with Gasteiger partial charge in [0.15, 0.2) is 11.5 Å². The maximum atomic E-state index is 12.7. The summed E-state index contributed by atoms with van der Waals surface area (Å²) in [5.41, 5.74) is 0.362. The summed E-state index contributed by atoms with van der Waals surface area (Å²) < 4.78 is 53.8. The van der Waals surface area contributed by atoms with E-state index in [0.29, 0.717) is 22.9 Å². The molecule has 0 aliphatic heterocycles. The highest BCUT2D eigenvalue weighted by atomic mass is 19.4. The number of alkyl halides is 3. The van der Waals surface area contributed by atoms with Gasteiger partial charge in [-0.3, -0.25) is 9.59 Å². The Morgan fingerprint density at radius 1 is 0.973 bits per heavy atom. The van der Waals surface area contributed by atoms with Crippen LogP contribution in [0.5, 0.6) is 17.2 Å². The Bertz CT molecular complexity index is 1250. The zero-order valence-electron chi connectivity index (χ0n) is 20.1. The van der Waals surface area contributed by atoms with Gasteiger partial charge in [0.25, 0.3) is 5.91 Å². The summed E-state index contributed by atoms with van der Waals surface area (Å²) in [6, 6.07) is 7.90. The van der Waals surface area contributed by atoms with Crippen molar-refractivity contribution in [3.05, 3.63) is 53.9 Å². The summed E-state index contributed by atoms with van der Waals surface area (Å²) in [6.45, 7) is 1.59. The number of methoxy groups -OCH3 is 3. The minimum atomic E-state index is -5.10. The lowest BCUT2D eigenvalue weighted by Gasteiger charge is -2.16. The van der Waals surface area contributed by atoms with Crippen molar-refractivity contribution in [1.82, 2.24) is 20.5 Å². The monoisotopic (exact) mass is 520 g/mol. The molecule has 1 unspecified atom stereocenters. The summed E-state index contributed by atoms with van der Waals surface area (Å²) in [5, 5.41) is 15.3. The van der Waals surface area contributed by atoms with Crippen LogP contribution in [-0.4, -0.2) is 54.5 Å². The quantitative estimate of drug-likeness (QED) is 0.386. The molecule has 0 bridgehead atoms. The zero-order valence-corrected chi connectivity index (χ0v) is 20.1. The summed E-state index contributed by atoms with van der Waals surface area (Å²) in [4.78, 5) is 28.2. The van der Waals surface area contributed by atoms with Crippen LogP contribution in [-0.2, 0) is 4.79 Å². The van der Waals surface area contributed by atoms with E-state index >= 15 is 0 Å². The smallest absolute Gasteiger partial charge is 0.471 e. The standard InChI is InChI=1S/C23H23F3N6O5/c1-12(28-20(33)14-7-5-6-8-15(14)30-21(34)23(24,25)26)16-11-27-22(32-31-16)29-13-9-17(35-2)19(37-4)18(10-13)36-3/h5-12H,1-4H3,(H,28,33)(H,30,34)(H,27,29,32). The van der Waals surface area contributed by atoms with E-state index in [1.54, 1.807) is 24.4 Å². The third kappa shape index (κ3) is 6.54. The van der Waals surface area contributed by atoms with Crippen molar-refractivity contribution in [2.24, 2.45) is 0 Å². The topological polar surface area (TPSA) is 137 Å². The Morgan fingerprint density at radius 2 is 1.62 bits per heavy atom. The van der Waals surface area contributed by atoms with Crippen molar-refractivity contribution in [3.8, 4) is 17.2 Å². The molecule has 3 aromatic rings. The van der Waals surface area contributed by atoms with Crippen LogP contribution in [0, 0.1) is 0 Å². The summed E-state index contributed by atoms with van der Waals surface area (Å²) in [7, 11) is 4.44. The van der Waals surface area contributed by atoms with Crippen LogP contribution in [0.4, 0.5) is 30.5 Å². The van der Waals surface area contributed by atoms with Gasteiger partial charge in [-0.1, -0.05) is 12.1 Å². The molecule has 1 atom stereocenters. The SMILES string of the molecule is COc1cc(Nc2ncc(C(C)NC(=O)c3ccccc3NC(=O)C(F)(F)F)nn2)cc(OC)c1OC. The van der Waals surface area contributed by atoms with Gasteiger partial charge in [-0.2, -0.15) is 13.2 Å². The first-order chi connectivity index (χ1) is 17.6. The Morgan fingerprint density at radius 3 is 2.16 bits per heavy atom. The largest absolute Gasteiger partial charge is 0.493 e. The van der Waals surface area contributed by atoms with Crippen LogP contribution in [0.2, 0.25) is 0 Å². The molecule has 0 saturated heterocycles. The lowest BCUT2D eigenvalue weighted by atomic mass is 10.1. The molecule has 1 aromatic heterocycles. The molecule has 14 heteroatoms. The minimum Gasteiger partial charge on any atom is -0.493 e. The van der Waals surface area contributed by atoms with Crippen LogP contribution in [0.15, 0.2) is 42.6 Å². The number of nitrogens with one attached hydrogen (secondary N) is 3. The average Bonchev–Trinajstić information content (AvgIpc) is 2.88. The van der Waals surface area contributed by atoms with Gasteiger partial charge in [-0.05, 0) is 19.1 Å². The normalized spacial score (nSPS) is 11.8. The predicted molar refractivity (Wildman–Crippen MR) is 126 cm³/mol. The van der Waals surface area contributed by atoms with E-state index in [0.717, 1.165) is 0 Å². The van der Waals surface area contributed by atoms with Gasteiger partial charge in [0.2, 0.25) is 11.7 Å². The summed E-state index contributed by atoms with van der Waals surface area (Å²) >= 11 is 0. The van der Waals surface area contributed by atoms with E-state index in [9.17, 15) is 22.8 Å². The molecule has 0 fully saturated rings. The van der Waals surface area contributed by atoms with E-state index < -0.39 is 24.0 Å². The molecule has 0 aliphatic rings. The van der Waals surface area contributed by atoms with Gasteiger partial charge >= 0.3 is 12.1 Å². The second-order valence-electron chi connectivity index (χ2n) is 7.44. The van der Waals surface area contributed by atoms with Crippen molar-refractivity contribution < 1.29 is 37.0 Å². The fourth-order valence-corrected chi connectivity index (χ4v) is 3.15. The number of carbonyl (C=O) groups excluding carboxylic acids is 2. The van der Waals surface area contributed by atoms with E-state index in [1.807, 2.05) is 0 Å². The number of hydrogen-bond acceptors (Lipinski definition) is 9. The van der Waals surface area contributed by atoms with Crippen LogP contribution in [0.1, 0.15) is 29.0 Å².